The standard InChI is InChI=1S/C5H11IO3S/c1-5(3-4-6)9-10(2,7)8/h5H,3-4H2,1-2H3/t5-/m0/s1. The molecule has 0 amide bonds. The number of hydrogen-bond acceptors (Lipinski definition) is 3. The van der Waals surface area contributed by atoms with E-state index in [1.54, 1.807) is 6.92 Å². The number of rotatable bonds is 4. The minimum Gasteiger partial charge on any atom is -0.267 e. The second kappa shape index (κ2) is 4.50. The molecule has 0 spiro atoms. The third kappa shape index (κ3) is 6.76. The molecule has 0 aromatic carbocycles. The van der Waals surface area contributed by atoms with Crippen LogP contribution in [0, 0.1) is 0 Å². The normalized spacial score (nSPS) is 15.1. The first kappa shape index (κ1) is 10.6. The fourth-order valence-corrected chi connectivity index (χ4v) is 2.07. The molecule has 0 rings (SSSR count). The predicted molar refractivity (Wildman–Crippen MR) is 48.9 cm³/mol. The van der Waals surface area contributed by atoms with Crippen LogP contribution in [0.15, 0.2) is 0 Å². The van der Waals surface area contributed by atoms with E-state index in [1.807, 2.05) is 0 Å². The van der Waals surface area contributed by atoms with Crippen LogP contribution >= 0.6 is 22.6 Å². The van der Waals surface area contributed by atoms with E-state index in [2.05, 4.69) is 26.8 Å². The van der Waals surface area contributed by atoms with Crippen molar-refractivity contribution in [2.75, 3.05) is 10.7 Å². The highest BCUT2D eigenvalue weighted by atomic mass is 127. The van der Waals surface area contributed by atoms with Crippen LogP contribution in [0.1, 0.15) is 13.3 Å². The first-order valence-corrected chi connectivity index (χ1v) is 6.24. The number of alkyl halides is 1. The molecule has 0 aliphatic rings. The maximum Gasteiger partial charge on any atom is 0.264 e. The van der Waals surface area contributed by atoms with E-state index in [0.29, 0.717) is 0 Å². The van der Waals surface area contributed by atoms with Crippen molar-refractivity contribution >= 4 is 32.7 Å². The SMILES string of the molecule is C[C@@H](CCI)OS(C)(=O)=O. The summed E-state index contributed by atoms with van der Waals surface area (Å²) in [5.74, 6) is 0. The van der Waals surface area contributed by atoms with Gasteiger partial charge in [0.2, 0.25) is 0 Å². The molecule has 0 radical (unpaired) electrons. The number of halogens is 1. The van der Waals surface area contributed by atoms with E-state index in [-0.39, 0.29) is 6.10 Å². The Bertz CT molecular complexity index is 175. The van der Waals surface area contributed by atoms with E-state index >= 15 is 0 Å². The molecule has 62 valence electrons. The Morgan fingerprint density at radius 1 is 1.60 bits per heavy atom. The van der Waals surface area contributed by atoms with Crippen LogP contribution < -0.4 is 0 Å². The summed E-state index contributed by atoms with van der Waals surface area (Å²) in [7, 11) is -3.25. The molecule has 0 fully saturated rings. The fraction of sp³-hybridized carbons (Fsp3) is 1.00. The van der Waals surface area contributed by atoms with E-state index in [0.717, 1.165) is 17.1 Å². The Kier molecular flexibility index (Phi) is 4.79. The predicted octanol–water partition coefficient (Wildman–Crippen LogP) is 1.18. The Hall–Kier alpha value is 0.640. The molecule has 1 atom stereocenters. The Labute approximate surface area is 75.4 Å². The van der Waals surface area contributed by atoms with Gasteiger partial charge in [0, 0.05) is 4.43 Å². The zero-order valence-electron chi connectivity index (χ0n) is 6.00. The second-order valence-electron chi connectivity index (χ2n) is 2.09. The lowest BCUT2D eigenvalue weighted by atomic mass is 10.3. The highest BCUT2D eigenvalue weighted by Gasteiger charge is 2.08. The van der Waals surface area contributed by atoms with Gasteiger partial charge >= 0.3 is 0 Å². The molecule has 0 aromatic heterocycles. The zero-order chi connectivity index (χ0) is 8.20. The summed E-state index contributed by atoms with van der Waals surface area (Å²) in [6.45, 7) is 1.75. The third-order valence-electron chi connectivity index (χ3n) is 0.855. The lowest BCUT2D eigenvalue weighted by molar-refractivity contribution is 0.229. The van der Waals surface area contributed by atoms with Crippen LogP contribution in [0.2, 0.25) is 0 Å². The summed E-state index contributed by atoms with van der Waals surface area (Å²) < 4.78 is 26.5. The summed E-state index contributed by atoms with van der Waals surface area (Å²) in [6.07, 6.45) is 1.65. The van der Waals surface area contributed by atoms with E-state index < -0.39 is 10.1 Å². The smallest absolute Gasteiger partial charge is 0.264 e. The van der Waals surface area contributed by atoms with Gasteiger partial charge in [-0.1, -0.05) is 22.6 Å². The topological polar surface area (TPSA) is 43.4 Å². The average Bonchev–Trinajstić information content (AvgIpc) is 1.59. The van der Waals surface area contributed by atoms with Gasteiger partial charge in [0.25, 0.3) is 10.1 Å². The van der Waals surface area contributed by atoms with Gasteiger partial charge in [-0.2, -0.15) is 8.42 Å². The van der Waals surface area contributed by atoms with Crippen LogP contribution in [0.25, 0.3) is 0 Å². The minimum atomic E-state index is -3.25. The van der Waals surface area contributed by atoms with E-state index in [4.69, 9.17) is 0 Å². The second-order valence-corrected chi connectivity index (χ2v) is 4.77. The van der Waals surface area contributed by atoms with Crippen LogP contribution in [-0.4, -0.2) is 25.2 Å². The van der Waals surface area contributed by atoms with Gasteiger partial charge in [0.05, 0.1) is 12.4 Å². The quantitative estimate of drug-likeness (QED) is 0.440. The molecule has 0 bridgehead atoms. The highest BCUT2D eigenvalue weighted by molar-refractivity contribution is 14.1. The van der Waals surface area contributed by atoms with Crippen molar-refractivity contribution in [3.05, 3.63) is 0 Å². The monoisotopic (exact) mass is 278 g/mol. The Morgan fingerprint density at radius 2 is 2.10 bits per heavy atom. The van der Waals surface area contributed by atoms with Gasteiger partial charge in [-0.05, 0) is 13.3 Å². The number of hydrogen-bond donors (Lipinski definition) is 0. The van der Waals surface area contributed by atoms with Crippen LogP contribution in [-0.2, 0) is 14.3 Å². The summed E-state index contributed by atoms with van der Waals surface area (Å²) in [4.78, 5) is 0. The molecule has 0 aliphatic heterocycles. The largest absolute Gasteiger partial charge is 0.267 e. The molecule has 0 saturated carbocycles. The van der Waals surface area contributed by atoms with Crippen molar-refractivity contribution in [2.45, 2.75) is 19.4 Å². The van der Waals surface area contributed by atoms with Crippen molar-refractivity contribution in [1.82, 2.24) is 0 Å². The Balaban J connectivity index is 3.69. The molecular formula is C5H11IO3S. The molecule has 0 heterocycles. The average molecular weight is 278 g/mol. The zero-order valence-corrected chi connectivity index (χ0v) is 8.98. The molecule has 0 N–H and O–H groups in total. The first-order valence-electron chi connectivity index (χ1n) is 2.90. The summed E-state index contributed by atoms with van der Waals surface area (Å²) in [5.41, 5.74) is 0. The van der Waals surface area contributed by atoms with Crippen molar-refractivity contribution in [2.24, 2.45) is 0 Å². The van der Waals surface area contributed by atoms with Gasteiger partial charge in [-0.25, -0.2) is 0 Å². The molecule has 0 aromatic rings. The summed E-state index contributed by atoms with van der Waals surface area (Å²) >= 11 is 2.18. The van der Waals surface area contributed by atoms with E-state index in [1.165, 1.54) is 0 Å². The molecular weight excluding hydrogens is 267 g/mol. The van der Waals surface area contributed by atoms with Crippen molar-refractivity contribution in [3.63, 3.8) is 0 Å². The van der Waals surface area contributed by atoms with Crippen LogP contribution in [0.4, 0.5) is 0 Å². The summed E-state index contributed by atoms with van der Waals surface area (Å²) in [6, 6.07) is 0. The maximum atomic E-state index is 10.5. The lowest BCUT2D eigenvalue weighted by Crippen LogP contribution is -2.13. The van der Waals surface area contributed by atoms with Crippen molar-refractivity contribution in [1.29, 1.82) is 0 Å². The minimum absolute atomic E-state index is 0.188. The molecule has 3 nitrogen and oxygen atoms in total. The fourth-order valence-electron chi connectivity index (χ4n) is 0.500. The molecule has 0 aliphatic carbocycles. The summed E-state index contributed by atoms with van der Waals surface area (Å²) in [5, 5.41) is 0. The first-order chi connectivity index (χ1) is 4.45. The van der Waals surface area contributed by atoms with Crippen LogP contribution in [0.5, 0.6) is 0 Å². The molecule has 0 saturated heterocycles. The molecule has 10 heavy (non-hydrogen) atoms. The van der Waals surface area contributed by atoms with Crippen molar-refractivity contribution in [3.8, 4) is 0 Å². The van der Waals surface area contributed by atoms with Crippen LogP contribution in [0.3, 0.4) is 0 Å². The van der Waals surface area contributed by atoms with E-state index in [9.17, 15) is 8.42 Å². The molecule has 5 heteroatoms. The molecule has 0 unspecified atom stereocenters. The van der Waals surface area contributed by atoms with Crippen molar-refractivity contribution < 1.29 is 12.6 Å². The van der Waals surface area contributed by atoms with Gasteiger partial charge in [0.15, 0.2) is 0 Å². The van der Waals surface area contributed by atoms with Gasteiger partial charge in [-0.15, -0.1) is 0 Å². The lowest BCUT2D eigenvalue weighted by Gasteiger charge is -2.07. The highest BCUT2D eigenvalue weighted by Crippen LogP contribution is 2.03. The third-order valence-corrected chi connectivity index (χ3v) is 2.16. The maximum absolute atomic E-state index is 10.5. The van der Waals surface area contributed by atoms with Gasteiger partial charge in [0.1, 0.15) is 0 Å². The van der Waals surface area contributed by atoms with Gasteiger partial charge in [-0.3, -0.25) is 4.18 Å². The van der Waals surface area contributed by atoms with Gasteiger partial charge < -0.3 is 0 Å². The Morgan fingerprint density at radius 3 is 2.40 bits per heavy atom.